The molecule has 2 bridgehead atoms. The van der Waals surface area contributed by atoms with Gasteiger partial charge in [0, 0.05) is 38.1 Å². The molecular weight excluding hydrogens is 316 g/mol. The van der Waals surface area contributed by atoms with Crippen LogP contribution in [-0.2, 0) is 13.1 Å². The summed E-state index contributed by atoms with van der Waals surface area (Å²) in [6.45, 7) is 5.44. The van der Waals surface area contributed by atoms with E-state index in [-0.39, 0.29) is 0 Å². The van der Waals surface area contributed by atoms with Gasteiger partial charge < -0.3 is 0 Å². The minimum Gasteiger partial charge on any atom is -0.298 e. The maximum absolute atomic E-state index is 5.75. The number of hydrogen-bond acceptors (Lipinski definition) is 2. The van der Waals surface area contributed by atoms with Crippen molar-refractivity contribution in [2.75, 3.05) is 19.6 Å². The van der Waals surface area contributed by atoms with Crippen LogP contribution in [-0.4, -0.2) is 35.5 Å². The van der Waals surface area contributed by atoms with Crippen LogP contribution in [0.4, 0.5) is 0 Å². The van der Waals surface area contributed by atoms with Crippen molar-refractivity contribution in [1.82, 2.24) is 9.80 Å². The summed E-state index contributed by atoms with van der Waals surface area (Å²) in [4.78, 5) is 5.26. The second-order valence-electron chi connectivity index (χ2n) is 7.85. The average molecular weight is 345 g/mol. The van der Waals surface area contributed by atoms with Crippen molar-refractivity contribution in [3.63, 3.8) is 0 Å². The van der Waals surface area contributed by atoms with Crippen LogP contribution in [0.5, 0.6) is 0 Å². The van der Waals surface area contributed by atoms with Crippen molar-refractivity contribution in [2.45, 2.75) is 32.0 Å². The Morgan fingerprint density at radius 2 is 1.58 bits per heavy atom. The zero-order chi connectivity index (χ0) is 17.8. The molecular formula is C24H28N2. The molecule has 3 heterocycles. The van der Waals surface area contributed by atoms with Crippen LogP contribution in [0.3, 0.4) is 0 Å². The van der Waals surface area contributed by atoms with Crippen LogP contribution in [0, 0.1) is 24.2 Å². The molecule has 0 saturated carbocycles. The van der Waals surface area contributed by atoms with Gasteiger partial charge in [-0.3, -0.25) is 9.80 Å². The third-order valence-electron chi connectivity index (χ3n) is 6.06. The van der Waals surface area contributed by atoms with Gasteiger partial charge in [-0.15, -0.1) is 12.3 Å². The molecule has 3 aliphatic heterocycles. The van der Waals surface area contributed by atoms with Gasteiger partial charge >= 0.3 is 0 Å². The fraction of sp³-hybridized carbons (Fsp3) is 0.417. The Balaban J connectivity index is 1.47. The van der Waals surface area contributed by atoms with Crippen molar-refractivity contribution >= 4 is 0 Å². The number of benzene rings is 2. The first-order valence-electron chi connectivity index (χ1n) is 9.82. The van der Waals surface area contributed by atoms with Gasteiger partial charge in [0.25, 0.3) is 0 Å². The quantitative estimate of drug-likeness (QED) is 0.730. The molecule has 3 saturated heterocycles. The highest BCUT2D eigenvalue weighted by atomic mass is 15.2. The standard InChI is InChI=1S/C24H28N2/c1-2-22-18-26-14-13-23(22)15-24(26)19-25(16-20-9-5-3-6-10-20)17-21-11-7-4-8-12-21/h1,3-12,22-24H,13-19H2. The van der Waals surface area contributed by atoms with E-state index in [0.29, 0.717) is 12.0 Å². The first-order valence-corrected chi connectivity index (χ1v) is 9.82. The Morgan fingerprint density at radius 1 is 0.962 bits per heavy atom. The fourth-order valence-corrected chi connectivity index (χ4v) is 4.68. The van der Waals surface area contributed by atoms with Gasteiger partial charge in [-0.25, -0.2) is 0 Å². The number of piperidine rings is 3. The lowest BCUT2D eigenvalue weighted by atomic mass is 9.76. The highest BCUT2D eigenvalue weighted by molar-refractivity contribution is 5.17. The van der Waals surface area contributed by atoms with Crippen LogP contribution in [0.15, 0.2) is 60.7 Å². The third kappa shape index (κ3) is 4.01. The van der Waals surface area contributed by atoms with E-state index in [4.69, 9.17) is 6.42 Å². The zero-order valence-corrected chi connectivity index (χ0v) is 15.4. The van der Waals surface area contributed by atoms with E-state index in [0.717, 1.165) is 32.1 Å². The Morgan fingerprint density at radius 3 is 2.08 bits per heavy atom. The highest BCUT2D eigenvalue weighted by Gasteiger charge is 2.39. The number of hydrogen-bond donors (Lipinski definition) is 0. The van der Waals surface area contributed by atoms with Crippen LogP contribution in [0.25, 0.3) is 0 Å². The first-order chi connectivity index (χ1) is 12.8. The van der Waals surface area contributed by atoms with E-state index >= 15 is 0 Å². The molecule has 0 radical (unpaired) electrons. The predicted molar refractivity (Wildman–Crippen MR) is 107 cm³/mol. The van der Waals surface area contributed by atoms with Crippen molar-refractivity contribution < 1.29 is 0 Å². The summed E-state index contributed by atoms with van der Waals surface area (Å²) in [5, 5.41) is 0. The predicted octanol–water partition coefficient (Wildman–Crippen LogP) is 4.03. The summed E-state index contributed by atoms with van der Waals surface area (Å²) < 4.78 is 0. The Hall–Kier alpha value is -2.08. The molecule has 2 heteroatoms. The number of nitrogens with zero attached hydrogens (tertiary/aromatic N) is 2. The van der Waals surface area contributed by atoms with Crippen molar-refractivity contribution in [1.29, 1.82) is 0 Å². The molecule has 5 rings (SSSR count). The van der Waals surface area contributed by atoms with Gasteiger partial charge in [-0.05, 0) is 36.4 Å². The number of rotatable bonds is 6. The van der Waals surface area contributed by atoms with Crippen molar-refractivity contribution in [3.05, 3.63) is 71.8 Å². The molecule has 134 valence electrons. The molecule has 2 nitrogen and oxygen atoms in total. The Kier molecular flexibility index (Phi) is 5.39. The van der Waals surface area contributed by atoms with Crippen LogP contribution >= 0.6 is 0 Å². The lowest BCUT2D eigenvalue weighted by molar-refractivity contribution is 0.00286. The monoisotopic (exact) mass is 344 g/mol. The van der Waals surface area contributed by atoms with E-state index in [2.05, 4.69) is 76.4 Å². The largest absolute Gasteiger partial charge is 0.298 e. The van der Waals surface area contributed by atoms with E-state index in [9.17, 15) is 0 Å². The summed E-state index contributed by atoms with van der Waals surface area (Å²) >= 11 is 0. The molecule has 0 N–H and O–H groups in total. The van der Waals surface area contributed by atoms with Crippen LogP contribution < -0.4 is 0 Å². The van der Waals surface area contributed by atoms with E-state index in [1.165, 1.54) is 30.5 Å². The second-order valence-corrected chi connectivity index (χ2v) is 7.85. The van der Waals surface area contributed by atoms with Gasteiger partial charge in [-0.2, -0.15) is 0 Å². The SMILES string of the molecule is C#CC1CN2CCC1CC2CN(Cc1ccccc1)Cc1ccccc1. The molecule has 0 aromatic heterocycles. The highest BCUT2D eigenvalue weighted by Crippen LogP contribution is 2.36. The van der Waals surface area contributed by atoms with Gasteiger partial charge in [0.1, 0.15) is 0 Å². The lowest BCUT2D eigenvalue weighted by Crippen LogP contribution is -2.56. The minimum absolute atomic E-state index is 0.469. The minimum atomic E-state index is 0.469. The maximum Gasteiger partial charge on any atom is 0.0356 e. The second kappa shape index (κ2) is 8.08. The van der Waals surface area contributed by atoms with Gasteiger partial charge in [0.15, 0.2) is 0 Å². The smallest absolute Gasteiger partial charge is 0.0356 e. The molecule has 2 aromatic carbocycles. The average Bonchev–Trinajstić information content (AvgIpc) is 2.70. The lowest BCUT2D eigenvalue weighted by Gasteiger charge is -2.49. The topological polar surface area (TPSA) is 6.48 Å². The maximum atomic E-state index is 5.75. The summed E-state index contributed by atoms with van der Waals surface area (Å²) in [5.41, 5.74) is 2.78. The van der Waals surface area contributed by atoms with Crippen LogP contribution in [0.1, 0.15) is 24.0 Å². The zero-order valence-electron chi connectivity index (χ0n) is 15.4. The number of fused-ring (bicyclic) bond motifs is 3. The summed E-state index contributed by atoms with van der Waals surface area (Å²) in [6, 6.07) is 22.3. The van der Waals surface area contributed by atoms with Crippen molar-refractivity contribution in [3.8, 4) is 12.3 Å². The molecule has 0 aliphatic carbocycles. The molecule has 3 aliphatic rings. The fourth-order valence-electron chi connectivity index (χ4n) is 4.68. The summed E-state index contributed by atoms with van der Waals surface area (Å²) in [5.74, 6) is 4.23. The van der Waals surface area contributed by atoms with E-state index in [1.54, 1.807) is 0 Å². The van der Waals surface area contributed by atoms with Crippen LogP contribution in [0.2, 0.25) is 0 Å². The molecule has 4 atom stereocenters. The van der Waals surface area contributed by atoms with Gasteiger partial charge in [0.2, 0.25) is 0 Å². The molecule has 26 heavy (non-hydrogen) atoms. The summed E-state index contributed by atoms with van der Waals surface area (Å²) in [6.07, 6.45) is 8.29. The van der Waals surface area contributed by atoms with Crippen molar-refractivity contribution in [2.24, 2.45) is 11.8 Å². The first kappa shape index (κ1) is 17.3. The molecule has 0 amide bonds. The normalized spacial score (nSPS) is 27.4. The molecule has 3 fully saturated rings. The van der Waals surface area contributed by atoms with Gasteiger partial charge in [0.05, 0.1) is 0 Å². The van der Waals surface area contributed by atoms with E-state index < -0.39 is 0 Å². The number of terminal acetylenes is 1. The molecule has 2 aromatic rings. The third-order valence-corrected chi connectivity index (χ3v) is 6.06. The van der Waals surface area contributed by atoms with E-state index in [1.807, 2.05) is 0 Å². The summed E-state index contributed by atoms with van der Waals surface area (Å²) in [7, 11) is 0. The Labute approximate surface area is 157 Å². The molecule has 4 unspecified atom stereocenters. The van der Waals surface area contributed by atoms with Gasteiger partial charge in [-0.1, -0.05) is 60.7 Å². The molecule has 0 spiro atoms. The Bertz CT molecular complexity index is 692.